The molecule has 82 valence electrons. The molecule has 0 aliphatic rings. The van der Waals surface area contributed by atoms with E-state index in [9.17, 15) is 4.79 Å². The number of hydrogen-bond acceptors (Lipinski definition) is 3. The molecule has 0 saturated heterocycles. The smallest absolute Gasteiger partial charge is 0.335 e. The van der Waals surface area contributed by atoms with Crippen molar-refractivity contribution in [2.45, 2.75) is 6.92 Å². The van der Waals surface area contributed by atoms with Crippen molar-refractivity contribution in [2.24, 2.45) is 0 Å². The summed E-state index contributed by atoms with van der Waals surface area (Å²) in [6.45, 7) is 1.76. The predicted molar refractivity (Wildman–Crippen MR) is 60.1 cm³/mol. The Morgan fingerprint density at radius 3 is 2.69 bits per heavy atom. The molecule has 1 aromatic heterocycles. The number of H-pyrrole nitrogens is 1. The molecule has 0 saturated carbocycles. The average Bonchev–Trinajstić information content (AvgIpc) is 2.64. The molecule has 0 unspecified atom stereocenters. The zero-order valence-electron chi connectivity index (χ0n) is 8.69. The number of nitrogen functional groups attached to an aromatic ring is 1. The number of hydrogen-bond donors (Lipinski definition) is 3. The number of rotatable bonds is 2. The van der Waals surface area contributed by atoms with Crippen LogP contribution in [0.4, 0.5) is 5.82 Å². The van der Waals surface area contributed by atoms with Crippen LogP contribution in [-0.4, -0.2) is 21.3 Å². The number of aryl methyl sites for hydroxylation is 1. The molecule has 0 bridgehead atoms. The molecule has 0 atom stereocenters. The summed E-state index contributed by atoms with van der Waals surface area (Å²) in [4.78, 5) is 10.8. The second-order valence-electron chi connectivity index (χ2n) is 3.54. The molecule has 2 aromatic rings. The number of benzene rings is 1. The number of anilines is 1. The molecule has 5 nitrogen and oxygen atoms in total. The summed E-state index contributed by atoms with van der Waals surface area (Å²) in [6, 6.07) is 6.79. The third-order valence-corrected chi connectivity index (χ3v) is 2.37. The maximum Gasteiger partial charge on any atom is 0.335 e. The standard InChI is InChI=1S/C11H11N3O2/c1-6-4-7(2-3-8(6)11(15)16)9-5-10(12)14-13-9/h2-5H,1H3,(H,15,16)(H3,12,13,14). The lowest BCUT2D eigenvalue weighted by Crippen LogP contribution is -1.99. The number of aromatic amines is 1. The highest BCUT2D eigenvalue weighted by Gasteiger charge is 2.08. The Kier molecular flexibility index (Phi) is 2.36. The van der Waals surface area contributed by atoms with E-state index in [4.69, 9.17) is 10.8 Å². The lowest BCUT2D eigenvalue weighted by Gasteiger charge is -2.03. The van der Waals surface area contributed by atoms with Crippen LogP contribution < -0.4 is 5.73 Å². The second kappa shape index (κ2) is 3.69. The molecule has 16 heavy (non-hydrogen) atoms. The Hall–Kier alpha value is -2.30. The molecule has 2 rings (SSSR count). The third kappa shape index (κ3) is 1.75. The van der Waals surface area contributed by atoms with Crippen LogP contribution in [-0.2, 0) is 0 Å². The van der Waals surface area contributed by atoms with Crippen molar-refractivity contribution in [3.8, 4) is 11.3 Å². The number of carboxylic acids is 1. The monoisotopic (exact) mass is 217 g/mol. The first-order valence-corrected chi connectivity index (χ1v) is 4.73. The summed E-state index contributed by atoms with van der Waals surface area (Å²) < 4.78 is 0. The van der Waals surface area contributed by atoms with Gasteiger partial charge in [-0.1, -0.05) is 6.07 Å². The van der Waals surface area contributed by atoms with Crippen molar-refractivity contribution in [3.05, 3.63) is 35.4 Å². The summed E-state index contributed by atoms with van der Waals surface area (Å²) in [5.41, 5.74) is 8.15. The lowest BCUT2D eigenvalue weighted by molar-refractivity contribution is 0.0696. The first-order valence-electron chi connectivity index (χ1n) is 4.73. The van der Waals surface area contributed by atoms with Crippen molar-refractivity contribution in [1.82, 2.24) is 10.2 Å². The van der Waals surface area contributed by atoms with Gasteiger partial charge in [0.05, 0.1) is 11.3 Å². The molecule has 0 amide bonds. The number of nitrogens with zero attached hydrogens (tertiary/aromatic N) is 1. The zero-order chi connectivity index (χ0) is 11.7. The van der Waals surface area contributed by atoms with E-state index in [1.807, 2.05) is 0 Å². The number of nitrogens with one attached hydrogen (secondary N) is 1. The number of carboxylic acid groups (broad SMARTS) is 1. The average molecular weight is 217 g/mol. The van der Waals surface area contributed by atoms with Crippen molar-refractivity contribution in [1.29, 1.82) is 0 Å². The Bertz CT molecular complexity index is 546. The molecule has 0 aliphatic carbocycles. The second-order valence-corrected chi connectivity index (χ2v) is 3.54. The first kappa shape index (κ1) is 10.2. The van der Waals surface area contributed by atoms with Crippen LogP contribution in [0.2, 0.25) is 0 Å². The molecule has 4 N–H and O–H groups in total. The fraction of sp³-hybridized carbons (Fsp3) is 0.0909. The molecule has 0 spiro atoms. The summed E-state index contributed by atoms with van der Waals surface area (Å²) in [5.74, 6) is -0.511. The van der Waals surface area contributed by atoms with Crippen molar-refractivity contribution in [3.63, 3.8) is 0 Å². The van der Waals surface area contributed by atoms with E-state index in [-0.39, 0.29) is 0 Å². The first-order chi connectivity index (χ1) is 7.58. The topological polar surface area (TPSA) is 92.0 Å². The van der Waals surface area contributed by atoms with Gasteiger partial charge < -0.3 is 10.8 Å². The number of aromatic nitrogens is 2. The van der Waals surface area contributed by atoms with Crippen molar-refractivity contribution >= 4 is 11.8 Å². The fourth-order valence-electron chi connectivity index (χ4n) is 1.56. The largest absolute Gasteiger partial charge is 0.478 e. The zero-order valence-corrected chi connectivity index (χ0v) is 8.69. The third-order valence-electron chi connectivity index (χ3n) is 2.37. The van der Waals surface area contributed by atoms with Gasteiger partial charge in [-0.05, 0) is 30.2 Å². The van der Waals surface area contributed by atoms with Crippen LogP contribution in [0, 0.1) is 6.92 Å². The summed E-state index contributed by atoms with van der Waals surface area (Å²) in [6.07, 6.45) is 0. The van der Waals surface area contributed by atoms with E-state index >= 15 is 0 Å². The van der Waals surface area contributed by atoms with E-state index in [1.165, 1.54) is 0 Å². The molecule has 0 radical (unpaired) electrons. The van der Waals surface area contributed by atoms with E-state index in [0.717, 1.165) is 11.3 Å². The molecule has 1 heterocycles. The Morgan fingerprint density at radius 2 is 2.19 bits per heavy atom. The highest BCUT2D eigenvalue weighted by atomic mass is 16.4. The summed E-state index contributed by atoms with van der Waals surface area (Å²) in [7, 11) is 0. The van der Waals surface area contributed by atoms with Gasteiger partial charge in [0, 0.05) is 6.07 Å². The number of aromatic carboxylic acids is 1. The van der Waals surface area contributed by atoms with E-state index in [0.29, 0.717) is 16.9 Å². The highest BCUT2D eigenvalue weighted by molar-refractivity contribution is 5.90. The van der Waals surface area contributed by atoms with Gasteiger partial charge >= 0.3 is 5.97 Å². The van der Waals surface area contributed by atoms with Crippen LogP contribution in [0.5, 0.6) is 0 Å². The predicted octanol–water partition coefficient (Wildman–Crippen LogP) is 1.67. The Morgan fingerprint density at radius 1 is 1.44 bits per heavy atom. The van der Waals surface area contributed by atoms with E-state index < -0.39 is 5.97 Å². The molecule has 5 heteroatoms. The van der Waals surface area contributed by atoms with Crippen LogP contribution in [0.1, 0.15) is 15.9 Å². The van der Waals surface area contributed by atoms with Gasteiger partial charge in [-0.3, -0.25) is 5.10 Å². The number of carbonyl (C=O) groups is 1. The maximum atomic E-state index is 10.8. The van der Waals surface area contributed by atoms with Crippen molar-refractivity contribution < 1.29 is 9.90 Å². The van der Waals surface area contributed by atoms with Gasteiger partial charge in [0.1, 0.15) is 5.82 Å². The minimum Gasteiger partial charge on any atom is -0.478 e. The van der Waals surface area contributed by atoms with Gasteiger partial charge in [-0.2, -0.15) is 5.10 Å². The summed E-state index contributed by atoms with van der Waals surface area (Å²) in [5, 5.41) is 15.5. The van der Waals surface area contributed by atoms with Crippen LogP contribution in [0.3, 0.4) is 0 Å². The van der Waals surface area contributed by atoms with Crippen molar-refractivity contribution in [2.75, 3.05) is 5.73 Å². The Labute approximate surface area is 91.9 Å². The molecule has 1 aromatic carbocycles. The van der Waals surface area contributed by atoms with Crippen LogP contribution in [0.25, 0.3) is 11.3 Å². The van der Waals surface area contributed by atoms with Gasteiger partial charge in [-0.15, -0.1) is 0 Å². The number of nitrogens with two attached hydrogens (primary N) is 1. The molecule has 0 fully saturated rings. The van der Waals surface area contributed by atoms with E-state index in [1.54, 1.807) is 31.2 Å². The van der Waals surface area contributed by atoms with E-state index in [2.05, 4.69) is 10.2 Å². The SMILES string of the molecule is Cc1cc(-c2cc(N)n[nH]2)ccc1C(=O)O. The normalized spacial score (nSPS) is 10.3. The molecular weight excluding hydrogens is 206 g/mol. The van der Waals surface area contributed by atoms with Gasteiger partial charge in [0.2, 0.25) is 0 Å². The van der Waals surface area contributed by atoms with Crippen LogP contribution >= 0.6 is 0 Å². The lowest BCUT2D eigenvalue weighted by atomic mass is 10.0. The van der Waals surface area contributed by atoms with Crippen LogP contribution in [0.15, 0.2) is 24.3 Å². The van der Waals surface area contributed by atoms with Gasteiger partial charge in [0.15, 0.2) is 0 Å². The van der Waals surface area contributed by atoms with Gasteiger partial charge in [0.25, 0.3) is 0 Å². The minimum atomic E-state index is -0.923. The minimum absolute atomic E-state index is 0.302. The Balaban J connectivity index is 2.45. The molecular formula is C11H11N3O2. The maximum absolute atomic E-state index is 10.8. The fourth-order valence-corrected chi connectivity index (χ4v) is 1.56. The highest BCUT2D eigenvalue weighted by Crippen LogP contribution is 2.21. The van der Waals surface area contributed by atoms with Gasteiger partial charge in [-0.25, -0.2) is 4.79 Å². The quantitative estimate of drug-likeness (QED) is 0.713. The summed E-state index contributed by atoms with van der Waals surface area (Å²) >= 11 is 0. The molecule has 0 aliphatic heterocycles.